The minimum Gasteiger partial charge on any atom is -0.373 e. The van der Waals surface area contributed by atoms with E-state index < -0.39 is 0 Å². The van der Waals surface area contributed by atoms with Crippen LogP contribution in [0.3, 0.4) is 0 Å². The van der Waals surface area contributed by atoms with E-state index in [4.69, 9.17) is 16.3 Å². The number of nitrogens with one attached hydrogen (secondary N) is 1. The second kappa shape index (κ2) is 4.26. The van der Waals surface area contributed by atoms with Crippen LogP contribution in [0.25, 0.3) is 0 Å². The molecule has 0 radical (unpaired) electrons. The molecule has 2 aliphatic heterocycles. The minimum atomic E-state index is 0.410. The molecule has 3 rings (SSSR count). The van der Waals surface area contributed by atoms with Gasteiger partial charge in [0.1, 0.15) is 0 Å². The molecule has 17 heavy (non-hydrogen) atoms. The van der Waals surface area contributed by atoms with Crippen molar-refractivity contribution in [1.29, 1.82) is 0 Å². The minimum absolute atomic E-state index is 0.410. The van der Waals surface area contributed by atoms with Crippen LogP contribution in [0, 0.1) is 6.92 Å². The first-order valence-electron chi connectivity index (χ1n) is 6.22. The summed E-state index contributed by atoms with van der Waals surface area (Å²) < 4.78 is 7.68. The average molecular weight is 256 g/mol. The molecular weight excluding hydrogens is 238 g/mol. The van der Waals surface area contributed by atoms with E-state index in [9.17, 15) is 0 Å². The lowest BCUT2D eigenvalue weighted by Gasteiger charge is -2.20. The summed E-state index contributed by atoms with van der Waals surface area (Å²) in [4.78, 5) is 0. The maximum atomic E-state index is 6.22. The van der Waals surface area contributed by atoms with Crippen molar-refractivity contribution in [3.63, 3.8) is 0 Å². The van der Waals surface area contributed by atoms with Crippen molar-refractivity contribution in [2.45, 2.75) is 51.0 Å². The topological polar surface area (TPSA) is 39.1 Å². The summed E-state index contributed by atoms with van der Waals surface area (Å²) in [5.74, 6) is 0. The maximum Gasteiger partial charge on any atom is 0.0860 e. The van der Waals surface area contributed by atoms with Gasteiger partial charge >= 0.3 is 0 Å². The predicted octanol–water partition coefficient (Wildman–Crippen LogP) is 1.79. The van der Waals surface area contributed by atoms with E-state index in [-0.39, 0.29) is 0 Å². The number of aryl methyl sites for hydroxylation is 2. The lowest BCUT2D eigenvalue weighted by atomic mass is 9.95. The van der Waals surface area contributed by atoms with Crippen molar-refractivity contribution >= 4 is 11.6 Å². The number of hydrogen-bond acceptors (Lipinski definition) is 3. The van der Waals surface area contributed by atoms with Crippen molar-refractivity contribution in [3.05, 3.63) is 16.4 Å². The molecule has 2 saturated heterocycles. The highest BCUT2D eigenvalue weighted by Gasteiger charge is 2.40. The van der Waals surface area contributed by atoms with Crippen molar-refractivity contribution in [2.24, 2.45) is 7.05 Å². The monoisotopic (exact) mass is 255 g/mol. The first-order valence-corrected chi connectivity index (χ1v) is 6.59. The smallest absolute Gasteiger partial charge is 0.0860 e. The lowest BCUT2D eigenvalue weighted by Crippen LogP contribution is -2.37. The summed E-state index contributed by atoms with van der Waals surface area (Å²) in [7, 11) is 1.94. The van der Waals surface area contributed by atoms with Gasteiger partial charge in [0.2, 0.25) is 0 Å². The zero-order valence-electron chi connectivity index (χ0n) is 10.2. The Hall–Kier alpha value is -0.580. The van der Waals surface area contributed by atoms with Gasteiger partial charge in [-0.05, 0) is 26.2 Å². The zero-order chi connectivity index (χ0) is 12.0. The molecular formula is C12H18ClN3O. The van der Waals surface area contributed by atoms with E-state index in [0.717, 1.165) is 29.4 Å². The van der Waals surface area contributed by atoms with E-state index in [1.807, 2.05) is 18.7 Å². The molecule has 2 aliphatic rings. The molecule has 0 aliphatic carbocycles. The average Bonchev–Trinajstić information content (AvgIpc) is 2.95. The third kappa shape index (κ3) is 1.98. The molecule has 4 nitrogen and oxygen atoms in total. The molecule has 3 unspecified atom stereocenters. The second-order valence-corrected chi connectivity index (χ2v) is 5.44. The molecule has 3 heterocycles. The molecule has 1 aromatic heterocycles. The molecule has 0 aromatic carbocycles. The number of nitrogens with zero attached hydrogens (tertiary/aromatic N) is 2. The van der Waals surface area contributed by atoms with Gasteiger partial charge in [0.05, 0.1) is 28.6 Å². The zero-order valence-corrected chi connectivity index (χ0v) is 11.0. The summed E-state index contributed by atoms with van der Waals surface area (Å²) in [5.41, 5.74) is 1.96. The SMILES string of the molecule is Cc1nn(C)c(CNC2CC3CCC2O3)c1Cl. The number of aromatic nitrogens is 2. The number of halogens is 1. The Bertz CT molecular complexity index is 432. The van der Waals surface area contributed by atoms with Gasteiger partial charge in [-0.15, -0.1) is 0 Å². The summed E-state index contributed by atoms with van der Waals surface area (Å²) in [5, 5.41) is 8.65. The van der Waals surface area contributed by atoms with Gasteiger partial charge < -0.3 is 10.1 Å². The third-order valence-corrected chi connectivity index (χ3v) is 4.39. The van der Waals surface area contributed by atoms with Crippen molar-refractivity contribution in [2.75, 3.05) is 0 Å². The van der Waals surface area contributed by atoms with Gasteiger partial charge in [-0.1, -0.05) is 11.6 Å². The summed E-state index contributed by atoms with van der Waals surface area (Å²) >= 11 is 6.22. The predicted molar refractivity (Wildman–Crippen MR) is 66.1 cm³/mol. The van der Waals surface area contributed by atoms with Gasteiger partial charge in [-0.25, -0.2) is 0 Å². The summed E-state index contributed by atoms with van der Waals surface area (Å²) in [6, 6.07) is 0.486. The molecule has 2 bridgehead atoms. The van der Waals surface area contributed by atoms with Crippen LogP contribution in [0.5, 0.6) is 0 Å². The third-order valence-electron chi connectivity index (χ3n) is 3.90. The van der Waals surface area contributed by atoms with Crippen LogP contribution in [-0.2, 0) is 18.3 Å². The van der Waals surface area contributed by atoms with E-state index >= 15 is 0 Å². The van der Waals surface area contributed by atoms with E-state index in [1.165, 1.54) is 12.8 Å². The fourth-order valence-corrected chi connectivity index (χ4v) is 3.18. The van der Waals surface area contributed by atoms with Gasteiger partial charge in [0.15, 0.2) is 0 Å². The van der Waals surface area contributed by atoms with Gasteiger partial charge in [-0.3, -0.25) is 4.68 Å². The standard InChI is InChI=1S/C12H18ClN3O/c1-7-12(13)10(16(2)15-7)6-14-9-5-8-3-4-11(9)17-8/h8-9,11,14H,3-6H2,1-2H3. The van der Waals surface area contributed by atoms with Gasteiger partial charge in [0, 0.05) is 19.6 Å². The molecule has 0 saturated carbocycles. The van der Waals surface area contributed by atoms with Crippen LogP contribution < -0.4 is 5.32 Å². The Balaban J connectivity index is 1.64. The van der Waals surface area contributed by atoms with Crippen LogP contribution in [0.1, 0.15) is 30.7 Å². The first-order chi connectivity index (χ1) is 8.15. The second-order valence-electron chi connectivity index (χ2n) is 5.07. The molecule has 0 spiro atoms. The van der Waals surface area contributed by atoms with Crippen LogP contribution in [0.2, 0.25) is 5.02 Å². The molecule has 2 fully saturated rings. The Morgan fingerprint density at radius 2 is 2.35 bits per heavy atom. The number of hydrogen-bond donors (Lipinski definition) is 1. The Morgan fingerprint density at radius 1 is 1.53 bits per heavy atom. The van der Waals surface area contributed by atoms with Crippen LogP contribution >= 0.6 is 11.6 Å². The largest absolute Gasteiger partial charge is 0.373 e. The summed E-state index contributed by atoms with van der Waals surface area (Å²) in [6.07, 6.45) is 4.46. The van der Waals surface area contributed by atoms with Crippen molar-refractivity contribution < 1.29 is 4.74 Å². The number of rotatable bonds is 3. The number of fused-ring (bicyclic) bond motifs is 2. The normalized spacial score (nSPS) is 31.4. The van der Waals surface area contributed by atoms with Gasteiger partial charge in [-0.2, -0.15) is 5.10 Å². The quantitative estimate of drug-likeness (QED) is 0.895. The first kappa shape index (κ1) is 11.5. The van der Waals surface area contributed by atoms with Crippen LogP contribution in [-0.4, -0.2) is 28.0 Å². The van der Waals surface area contributed by atoms with Gasteiger partial charge in [0.25, 0.3) is 0 Å². The molecule has 5 heteroatoms. The van der Waals surface area contributed by atoms with Crippen molar-refractivity contribution in [1.82, 2.24) is 15.1 Å². The fourth-order valence-electron chi connectivity index (χ4n) is 2.95. The number of ether oxygens (including phenoxy) is 1. The van der Waals surface area contributed by atoms with E-state index in [0.29, 0.717) is 18.2 Å². The van der Waals surface area contributed by atoms with Crippen LogP contribution in [0.4, 0.5) is 0 Å². The Morgan fingerprint density at radius 3 is 2.88 bits per heavy atom. The summed E-state index contributed by atoms with van der Waals surface area (Å²) in [6.45, 7) is 2.71. The van der Waals surface area contributed by atoms with E-state index in [1.54, 1.807) is 0 Å². The fraction of sp³-hybridized carbons (Fsp3) is 0.750. The van der Waals surface area contributed by atoms with E-state index in [2.05, 4.69) is 10.4 Å². The molecule has 1 aromatic rings. The lowest BCUT2D eigenvalue weighted by molar-refractivity contribution is 0.0972. The molecule has 3 atom stereocenters. The Kier molecular flexibility index (Phi) is 2.89. The highest BCUT2D eigenvalue weighted by molar-refractivity contribution is 6.31. The van der Waals surface area contributed by atoms with Crippen molar-refractivity contribution in [3.8, 4) is 0 Å². The molecule has 0 amide bonds. The molecule has 94 valence electrons. The highest BCUT2D eigenvalue weighted by Crippen LogP contribution is 2.34. The van der Waals surface area contributed by atoms with Crippen LogP contribution in [0.15, 0.2) is 0 Å². The maximum absolute atomic E-state index is 6.22. The molecule has 1 N–H and O–H groups in total. The Labute approximate surface area is 106 Å². The highest BCUT2D eigenvalue weighted by atomic mass is 35.5.